The third kappa shape index (κ3) is 4.21. The molecule has 0 aliphatic carbocycles. The number of unbranched alkanes of at least 4 members (excludes halogenated alkanes) is 1. The van der Waals surface area contributed by atoms with Gasteiger partial charge in [0.15, 0.2) is 5.15 Å². The van der Waals surface area contributed by atoms with Crippen LogP contribution in [-0.4, -0.2) is 41.0 Å². The number of aromatic amines is 1. The number of nitrogens with one attached hydrogen (secondary N) is 2. The van der Waals surface area contributed by atoms with Crippen molar-refractivity contribution in [3.63, 3.8) is 0 Å². The summed E-state index contributed by atoms with van der Waals surface area (Å²) in [6.07, 6.45) is 4.52. The predicted octanol–water partition coefficient (Wildman–Crippen LogP) is 2.84. The second-order valence-corrected chi connectivity index (χ2v) is 6.43. The molecule has 0 amide bonds. The fraction of sp³-hybridized carbons (Fsp3) is 0.800. The maximum Gasteiger partial charge on any atom is 0.151 e. The predicted molar refractivity (Wildman–Crippen MR) is 84.1 cm³/mol. The van der Waals surface area contributed by atoms with E-state index in [4.69, 9.17) is 11.6 Å². The van der Waals surface area contributed by atoms with Gasteiger partial charge in [-0.1, -0.05) is 31.9 Å². The Morgan fingerprint density at radius 1 is 1.50 bits per heavy atom. The molecule has 20 heavy (non-hydrogen) atoms. The summed E-state index contributed by atoms with van der Waals surface area (Å²) in [7, 11) is 2.19. The summed E-state index contributed by atoms with van der Waals surface area (Å²) in [5.41, 5.74) is 1.03. The van der Waals surface area contributed by atoms with Gasteiger partial charge in [-0.2, -0.15) is 0 Å². The molecule has 2 N–H and O–H groups in total. The molecule has 2 heterocycles. The lowest BCUT2D eigenvalue weighted by Gasteiger charge is -2.35. The number of piperidine rings is 1. The Hall–Kier alpha value is -0.580. The highest BCUT2D eigenvalue weighted by molar-refractivity contribution is 6.30. The van der Waals surface area contributed by atoms with Crippen molar-refractivity contribution >= 4 is 11.6 Å². The van der Waals surface area contributed by atoms with E-state index in [0.29, 0.717) is 17.1 Å². The Balaban J connectivity index is 1.85. The van der Waals surface area contributed by atoms with Crippen LogP contribution >= 0.6 is 11.6 Å². The maximum atomic E-state index is 6.21. The molecule has 1 aliphatic heterocycles. The molecule has 114 valence electrons. The summed E-state index contributed by atoms with van der Waals surface area (Å²) in [5, 5.41) is 4.26. The van der Waals surface area contributed by atoms with Crippen molar-refractivity contribution in [3.05, 3.63) is 16.7 Å². The average Bonchev–Trinajstić information content (AvgIpc) is 2.76. The molecule has 0 spiro atoms. The number of halogens is 1. The molecule has 0 bridgehead atoms. The van der Waals surface area contributed by atoms with Crippen molar-refractivity contribution in [3.8, 4) is 0 Å². The van der Waals surface area contributed by atoms with Gasteiger partial charge < -0.3 is 15.2 Å². The third-order valence-corrected chi connectivity index (χ3v) is 4.51. The number of aryl methyl sites for hydroxylation is 1. The first-order chi connectivity index (χ1) is 9.60. The molecule has 1 aromatic heterocycles. The molecule has 1 fully saturated rings. The molecular weight excluding hydrogens is 272 g/mol. The van der Waals surface area contributed by atoms with E-state index in [1.165, 1.54) is 19.4 Å². The van der Waals surface area contributed by atoms with Crippen molar-refractivity contribution in [2.75, 3.05) is 20.1 Å². The Labute approximate surface area is 127 Å². The van der Waals surface area contributed by atoms with Crippen LogP contribution in [0.25, 0.3) is 0 Å². The van der Waals surface area contributed by atoms with E-state index < -0.39 is 0 Å². The van der Waals surface area contributed by atoms with Crippen LogP contribution in [0.4, 0.5) is 0 Å². The van der Waals surface area contributed by atoms with Crippen LogP contribution < -0.4 is 5.32 Å². The second kappa shape index (κ2) is 7.43. The smallest absolute Gasteiger partial charge is 0.151 e. The molecule has 2 rings (SSSR count). The van der Waals surface area contributed by atoms with Crippen LogP contribution in [0.15, 0.2) is 0 Å². The first kappa shape index (κ1) is 15.8. The molecule has 2 atom stereocenters. The summed E-state index contributed by atoms with van der Waals surface area (Å²) >= 11 is 6.21. The van der Waals surface area contributed by atoms with Crippen molar-refractivity contribution in [1.82, 2.24) is 20.2 Å². The topological polar surface area (TPSA) is 44.0 Å². The number of aromatic nitrogens is 2. The number of likely N-dealkylation sites (tertiary alicyclic amines) is 1. The van der Waals surface area contributed by atoms with E-state index in [2.05, 4.69) is 41.1 Å². The number of rotatable bonds is 6. The number of hydrogen-bond donors (Lipinski definition) is 2. The summed E-state index contributed by atoms with van der Waals surface area (Å²) in [6.45, 7) is 7.62. The SMILES string of the molecule is CCCCc1nc(Cl)c(CNC2CCN(C)CC2C)[nH]1. The van der Waals surface area contributed by atoms with Crippen LogP contribution in [0.5, 0.6) is 0 Å². The molecular formula is C15H27ClN4. The summed E-state index contributed by atoms with van der Waals surface area (Å²) in [6, 6.07) is 0.574. The third-order valence-electron chi connectivity index (χ3n) is 4.19. The van der Waals surface area contributed by atoms with E-state index in [-0.39, 0.29) is 0 Å². The van der Waals surface area contributed by atoms with Crippen LogP contribution in [0.3, 0.4) is 0 Å². The minimum absolute atomic E-state index is 0.574. The molecule has 5 heteroatoms. The van der Waals surface area contributed by atoms with Gasteiger partial charge in [-0.25, -0.2) is 4.98 Å². The number of H-pyrrole nitrogens is 1. The van der Waals surface area contributed by atoms with E-state index in [9.17, 15) is 0 Å². The highest BCUT2D eigenvalue weighted by atomic mass is 35.5. The summed E-state index contributed by atoms with van der Waals surface area (Å²) in [5.74, 6) is 1.69. The van der Waals surface area contributed by atoms with Gasteiger partial charge in [-0.15, -0.1) is 0 Å². The Kier molecular flexibility index (Phi) is 5.87. The lowest BCUT2D eigenvalue weighted by molar-refractivity contribution is 0.174. The number of nitrogens with zero attached hydrogens (tertiary/aromatic N) is 2. The van der Waals surface area contributed by atoms with E-state index >= 15 is 0 Å². The zero-order chi connectivity index (χ0) is 14.5. The first-order valence-corrected chi connectivity index (χ1v) is 8.13. The quantitative estimate of drug-likeness (QED) is 0.849. The van der Waals surface area contributed by atoms with Crippen molar-refractivity contribution in [1.29, 1.82) is 0 Å². The molecule has 1 saturated heterocycles. The molecule has 0 aromatic carbocycles. The molecule has 1 aromatic rings. The lowest BCUT2D eigenvalue weighted by atomic mass is 9.94. The van der Waals surface area contributed by atoms with E-state index in [1.807, 2.05) is 0 Å². The van der Waals surface area contributed by atoms with Gasteiger partial charge in [0, 0.05) is 25.6 Å². The Bertz CT molecular complexity index is 418. The van der Waals surface area contributed by atoms with Gasteiger partial charge in [-0.05, 0) is 32.4 Å². The van der Waals surface area contributed by atoms with Crippen LogP contribution in [0.2, 0.25) is 5.15 Å². The van der Waals surface area contributed by atoms with Gasteiger partial charge in [0.1, 0.15) is 5.82 Å². The van der Waals surface area contributed by atoms with Crippen LogP contribution in [0.1, 0.15) is 44.6 Å². The molecule has 1 aliphatic rings. The highest BCUT2D eigenvalue weighted by Crippen LogP contribution is 2.18. The molecule has 0 saturated carbocycles. The largest absolute Gasteiger partial charge is 0.344 e. The maximum absolute atomic E-state index is 6.21. The Morgan fingerprint density at radius 3 is 3.00 bits per heavy atom. The molecule has 4 nitrogen and oxygen atoms in total. The average molecular weight is 299 g/mol. The monoisotopic (exact) mass is 298 g/mol. The van der Waals surface area contributed by atoms with E-state index in [1.54, 1.807) is 0 Å². The van der Waals surface area contributed by atoms with Crippen LogP contribution in [0, 0.1) is 5.92 Å². The first-order valence-electron chi connectivity index (χ1n) is 7.75. The summed E-state index contributed by atoms with van der Waals surface area (Å²) in [4.78, 5) is 10.2. The minimum atomic E-state index is 0.574. The van der Waals surface area contributed by atoms with Gasteiger partial charge in [0.2, 0.25) is 0 Å². The van der Waals surface area contributed by atoms with Crippen molar-refractivity contribution < 1.29 is 0 Å². The molecule has 0 radical (unpaired) electrons. The minimum Gasteiger partial charge on any atom is -0.344 e. The van der Waals surface area contributed by atoms with Gasteiger partial charge in [-0.3, -0.25) is 0 Å². The zero-order valence-electron chi connectivity index (χ0n) is 12.9. The van der Waals surface area contributed by atoms with Gasteiger partial charge in [0.05, 0.1) is 5.69 Å². The Morgan fingerprint density at radius 2 is 2.30 bits per heavy atom. The van der Waals surface area contributed by atoms with Gasteiger partial charge in [0.25, 0.3) is 0 Å². The fourth-order valence-corrected chi connectivity index (χ4v) is 3.13. The van der Waals surface area contributed by atoms with Crippen molar-refractivity contribution in [2.45, 2.75) is 52.1 Å². The zero-order valence-corrected chi connectivity index (χ0v) is 13.6. The highest BCUT2D eigenvalue weighted by Gasteiger charge is 2.24. The fourth-order valence-electron chi connectivity index (χ4n) is 2.91. The standard InChI is InChI=1S/C15H27ClN4/c1-4-5-6-14-18-13(15(16)19-14)9-17-12-7-8-20(3)10-11(12)2/h11-12,17H,4-10H2,1-3H3,(H,18,19). The van der Waals surface area contributed by atoms with E-state index in [0.717, 1.165) is 37.4 Å². The second-order valence-electron chi connectivity index (χ2n) is 6.07. The van der Waals surface area contributed by atoms with Gasteiger partial charge >= 0.3 is 0 Å². The van der Waals surface area contributed by atoms with Crippen molar-refractivity contribution in [2.24, 2.45) is 5.92 Å². The summed E-state index contributed by atoms with van der Waals surface area (Å²) < 4.78 is 0. The van der Waals surface area contributed by atoms with Crippen LogP contribution in [-0.2, 0) is 13.0 Å². The lowest BCUT2D eigenvalue weighted by Crippen LogP contribution is -2.46. The number of imidazole rings is 1. The molecule has 2 unspecified atom stereocenters. The normalized spacial score (nSPS) is 24.2. The number of hydrogen-bond acceptors (Lipinski definition) is 3.